The van der Waals surface area contributed by atoms with Gasteiger partial charge in [-0.05, 0) is 30.3 Å². The van der Waals surface area contributed by atoms with Gasteiger partial charge in [0.2, 0.25) is 11.8 Å². The van der Waals surface area contributed by atoms with Gasteiger partial charge in [0, 0.05) is 18.3 Å². The largest absolute Gasteiger partial charge is 0.493 e. The summed E-state index contributed by atoms with van der Waals surface area (Å²) in [4.78, 5) is 38.4. The van der Waals surface area contributed by atoms with Crippen LogP contribution >= 0.6 is 11.6 Å². The molecule has 2 aromatic carbocycles. The summed E-state index contributed by atoms with van der Waals surface area (Å²) in [6.45, 7) is -0.178. The van der Waals surface area contributed by atoms with Crippen LogP contribution < -0.4 is 25.0 Å². The molecule has 1 fully saturated rings. The molecule has 152 valence electrons. The minimum atomic E-state index is -1.19. The zero-order chi connectivity index (χ0) is 21.1. The Morgan fingerprint density at radius 1 is 1.17 bits per heavy atom. The fourth-order valence-corrected chi connectivity index (χ4v) is 3.00. The lowest BCUT2D eigenvalue weighted by molar-refractivity contribution is -0.130. The van der Waals surface area contributed by atoms with E-state index in [0.717, 1.165) is 17.0 Å². The van der Waals surface area contributed by atoms with Crippen LogP contribution in [0.5, 0.6) is 11.5 Å². The lowest BCUT2D eigenvalue weighted by atomic mass is 10.0. The molecule has 0 saturated carbocycles. The predicted molar refractivity (Wildman–Crippen MR) is 104 cm³/mol. The first-order valence-electron chi connectivity index (χ1n) is 8.45. The number of rotatable bonds is 5. The molecule has 8 nitrogen and oxygen atoms in total. The second-order valence-electron chi connectivity index (χ2n) is 6.07. The molecule has 2 aromatic rings. The van der Waals surface area contributed by atoms with Gasteiger partial charge in [0.1, 0.15) is 11.7 Å². The predicted octanol–water partition coefficient (Wildman–Crippen LogP) is 2.81. The molecule has 1 atom stereocenters. The van der Waals surface area contributed by atoms with E-state index in [-0.39, 0.29) is 17.3 Å². The van der Waals surface area contributed by atoms with E-state index in [9.17, 15) is 18.8 Å². The molecule has 1 unspecified atom stereocenters. The number of methoxy groups -OCH3 is 2. The van der Waals surface area contributed by atoms with Gasteiger partial charge < -0.3 is 20.1 Å². The van der Waals surface area contributed by atoms with Crippen molar-refractivity contribution in [3.05, 3.63) is 47.2 Å². The maximum absolute atomic E-state index is 13.4. The molecule has 0 aliphatic carbocycles. The minimum absolute atomic E-state index is 0.0579. The molecule has 29 heavy (non-hydrogen) atoms. The summed E-state index contributed by atoms with van der Waals surface area (Å²) in [5.41, 5.74) is 0.441. The van der Waals surface area contributed by atoms with Gasteiger partial charge in [0.05, 0.1) is 24.9 Å². The van der Waals surface area contributed by atoms with Crippen LogP contribution in [0.25, 0.3) is 0 Å². The number of halogens is 2. The fraction of sp³-hybridized carbons (Fsp3) is 0.211. The zero-order valence-corrected chi connectivity index (χ0v) is 16.2. The van der Waals surface area contributed by atoms with Crippen LogP contribution in [0.2, 0.25) is 5.02 Å². The van der Waals surface area contributed by atoms with E-state index in [1.807, 2.05) is 0 Å². The number of amides is 4. The van der Waals surface area contributed by atoms with Crippen LogP contribution in [-0.4, -0.2) is 38.6 Å². The molecule has 0 aromatic heterocycles. The molecule has 3 rings (SSSR count). The number of benzene rings is 2. The molecule has 4 amide bonds. The maximum Gasteiger partial charge on any atom is 0.328 e. The van der Waals surface area contributed by atoms with Crippen LogP contribution in [0.1, 0.15) is 0 Å². The summed E-state index contributed by atoms with van der Waals surface area (Å²) in [6, 6.07) is 7.41. The minimum Gasteiger partial charge on any atom is -0.493 e. The second-order valence-corrected chi connectivity index (χ2v) is 6.48. The summed E-state index contributed by atoms with van der Waals surface area (Å²) >= 11 is 5.74. The molecule has 1 heterocycles. The molecule has 1 aliphatic heterocycles. The lowest BCUT2D eigenvalue weighted by Gasteiger charge is -2.30. The maximum atomic E-state index is 13.4. The van der Waals surface area contributed by atoms with Gasteiger partial charge in [-0.1, -0.05) is 11.6 Å². The SMILES string of the molecule is COc1ccc(NC(=O)C2CNC(=O)N(c3ccc(F)c(Cl)c3)C2=O)cc1OC. The average molecular weight is 422 g/mol. The Labute approximate surface area is 170 Å². The molecule has 2 N–H and O–H groups in total. The Bertz CT molecular complexity index is 984. The number of nitrogens with zero attached hydrogens (tertiary/aromatic N) is 1. The molecule has 1 saturated heterocycles. The van der Waals surface area contributed by atoms with Gasteiger partial charge in [-0.3, -0.25) is 9.59 Å². The van der Waals surface area contributed by atoms with Crippen molar-refractivity contribution in [1.29, 1.82) is 0 Å². The number of hydrogen-bond acceptors (Lipinski definition) is 5. The Morgan fingerprint density at radius 3 is 2.55 bits per heavy atom. The van der Waals surface area contributed by atoms with Gasteiger partial charge >= 0.3 is 6.03 Å². The van der Waals surface area contributed by atoms with Crippen LogP contribution in [0.4, 0.5) is 20.6 Å². The molecule has 0 spiro atoms. The van der Waals surface area contributed by atoms with Crippen molar-refractivity contribution in [3.8, 4) is 11.5 Å². The fourth-order valence-electron chi connectivity index (χ4n) is 2.83. The number of carbonyl (C=O) groups is 3. The number of carbonyl (C=O) groups excluding carboxylic acids is 3. The van der Waals surface area contributed by atoms with Crippen LogP contribution in [0.3, 0.4) is 0 Å². The Morgan fingerprint density at radius 2 is 1.90 bits per heavy atom. The van der Waals surface area contributed by atoms with Crippen molar-refractivity contribution in [1.82, 2.24) is 5.32 Å². The lowest BCUT2D eigenvalue weighted by Crippen LogP contribution is -2.58. The third-order valence-corrected chi connectivity index (χ3v) is 4.60. The van der Waals surface area contributed by atoms with Gasteiger partial charge in [-0.25, -0.2) is 14.1 Å². The van der Waals surface area contributed by atoms with E-state index in [0.29, 0.717) is 17.2 Å². The summed E-state index contributed by atoms with van der Waals surface area (Å²) in [5.74, 6) is -2.38. The number of hydrogen-bond donors (Lipinski definition) is 2. The average Bonchev–Trinajstić information content (AvgIpc) is 2.70. The summed E-state index contributed by atoms with van der Waals surface area (Å²) in [6.07, 6.45) is 0. The standard InChI is InChI=1S/C19H17ClFN3O5/c1-28-15-6-3-10(7-16(15)29-2)23-17(25)12-9-22-19(27)24(18(12)26)11-4-5-14(21)13(20)8-11/h3-8,12H,9H2,1-2H3,(H,22,27)(H,23,25). The highest BCUT2D eigenvalue weighted by Crippen LogP contribution is 2.30. The second kappa shape index (κ2) is 8.36. The molecular weight excluding hydrogens is 405 g/mol. The number of ether oxygens (including phenoxy) is 2. The first-order chi connectivity index (χ1) is 13.8. The Balaban J connectivity index is 1.81. The highest BCUT2D eigenvalue weighted by molar-refractivity contribution is 6.31. The molecule has 10 heteroatoms. The number of nitrogens with one attached hydrogen (secondary N) is 2. The van der Waals surface area contributed by atoms with Gasteiger partial charge in [0.25, 0.3) is 0 Å². The van der Waals surface area contributed by atoms with E-state index in [1.165, 1.54) is 20.3 Å². The summed E-state index contributed by atoms with van der Waals surface area (Å²) in [7, 11) is 2.94. The molecule has 1 aliphatic rings. The molecular formula is C19H17ClFN3O5. The van der Waals surface area contributed by atoms with Gasteiger partial charge in [-0.15, -0.1) is 0 Å². The zero-order valence-electron chi connectivity index (χ0n) is 15.5. The third-order valence-electron chi connectivity index (χ3n) is 4.31. The Hall–Kier alpha value is -3.33. The van der Waals surface area contributed by atoms with Crippen molar-refractivity contribution >= 4 is 40.8 Å². The van der Waals surface area contributed by atoms with Crippen molar-refractivity contribution < 1.29 is 28.2 Å². The highest BCUT2D eigenvalue weighted by Gasteiger charge is 2.39. The smallest absolute Gasteiger partial charge is 0.328 e. The third kappa shape index (κ3) is 4.09. The van der Waals surface area contributed by atoms with Crippen molar-refractivity contribution in [2.24, 2.45) is 5.92 Å². The normalized spacial score (nSPS) is 16.3. The molecule has 0 radical (unpaired) electrons. The van der Waals surface area contributed by atoms with Crippen LogP contribution in [-0.2, 0) is 9.59 Å². The van der Waals surface area contributed by atoms with Crippen molar-refractivity contribution in [2.45, 2.75) is 0 Å². The number of anilines is 2. The van der Waals surface area contributed by atoms with Crippen molar-refractivity contribution in [3.63, 3.8) is 0 Å². The quantitative estimate of drug-likeness (QED) is 0.723. The number of imide groups is 1. The monoisotopic (exact) mass is 421 g/mol. The van der Waals surface area contributed by atoms with Gasteiger partial charge in [0.15, 0.2) is 11.5 Å². The van der Waals surface area contributed by atoms with E-state index in [1.54, 1.807) is 18.2 Å². The van der Waals surface area contributed by atoms with Crippen LogP contribution in [0.15, 0.2) is 36.4 Å². The van der Waals surface area contributed by atoms with E-state index >= 15 is 0 Å². The first kappa shape index (κ1) is 20.4. The van der Waals surface area contributed by atoms with Gasteiger partial charge in [-0.2, -0.15) is 0 Å². The number of urea groups is 1. The summed E-state index contributed by atoms with van der Waals surface area (Å²) in [5, 5.41) is 4.84. The van der Waals surface area contributed by atoms with Crippen molar-refractivity contribution in [2.75, 3.05) is 31.0 Å². The van der Waals surface area contributed by atoms with Crippen LogP contribution in [0, 0.1) is 11.7 Å². The Kier molecular flexibility index (Phi) is 5.88. The first-order valence-corrected chi connectivity index (χ1v) is 8.83. The van der Waals surface area contributed by atoms with E-state index < -0.39 is 29.6 Å². The highest BCUT2D eigenvalue weighted by atomic mass is 35.5. The molecule has 0 bridgehead atoms. The van der Waals surface area contributed by atoms with E-state index in [2.05, 4.69) is 10.6 Å². The topological polar surface area (TPSA) is 97.0 Å². The van der Waals surface area contributed by atoms with E-state index in [4.69, 9.17) is 21.1 Å². The summed E-state index contributed by atoms with van der Waals surface area (Å²) < 4.78 is 23.7.